The molecule has 15 heavy (non-hydrogen) atoms. The number of benzene rings is 1. The largest absolute Gasteiger partial charge is 0.496 e. The van der Waals surface area contributed by atoms with Gasteiger partial charge in [0.15, 0.2) is 0 Å². The van der Waals surface area contributed by atoms with Gasteiger partial charge >= 0.3 is 0 Å². The van der Waals surface area contributed by atoms with E-state index >= 15 is 0 Å². The lowest BCUT2D eigenvalue weighted by molar-refractivity contribution is 0.397. The summed E-state index contributed by atoms with van der Waals surface area (Å²) in [4.78, 5) is 0. The zero-order valence-corrected chi connectivity index (χ0v) is 9.55. The van der Waals surface area contributed by atoms with E-state index in [-0.39, 0.29) is 0 Å². The molecule has 1 aliphatic rings. The van der Waals surface area contributed by atoms with Crippen LogP contribution in [0.2, 0.25) is 0 Å². The van der Waals surface area contributed by atoms with E-state index in [1.807, 2.05) is 0 Å². The van der Waals surface area contributed by atoms with Crippen molar-refractivity contribution in [1.82, 2.24) is 5.32 Å². The molecular formula is C13H19NO. The van der Waals surface area contributed by atoms with Crippen LogP contribution in [0.4, 0.5) is 0 Å². The number of methoxy groups -OCH3 is 1. The molecule has 1 atom stereocenters. The topological polar surface area (TPSA) is 21.3 Å². The van der Waals surface area contributed by atoms with E-state index in [1.165, 1.54) is 24.0 Å². The molecule has 1 unspecified atom stereocenters. The van der Waals surface area contributed by atoms with Gasteiger partial charge < -0.3 is 10.1 Å². The average Bonchev–Trinajstić information content (AvgIpc) is 2.29. The minimum atomic E-state index is 0.522. The monoisotopic (exact) mass is 205 g/mol. The normalized spacial score (nSPS) is 19.7. The quantitative estimate of drug-likeness (QED) is 0.819. The Morgan fingerprint density at radius 3 is 3.07 bits per heavy atom. The molecule has 1 heterocycles. The van der Waals surface area contributed by atoms with Gasteiger partial charge in [0.25, 0.3) is 0 Å². The molecule has 2 rings (SSSR count). The first-order valence-corrected chi connectivity index (χ1v) is 5.76. The molecule has 0 fully saturated rings. The fourth-order valence-electron chi connectivity index (χ4n) is 2.40. The van der Waals surface area contributed by atoms with Crippen LogP contribution in [0.15, 0.2) is 18.2 Å². The van der Waals surface area contributed by atoms with E-state index < -0.39 is 0 Å². The lowest BCUT2D eigenvalue weighted by Gasteiger charge is -2.27. The Bertz CT molecular complexity index is 335. The second-order valence-electron chi connectivity index (χ2n) is 4.07. The van der Waals surface area contributed by atoms with Gasteiger partial charge in [0.2, 0.25) is 0 Å². The van der Waals surface area contributed by atoms with Crippen molar-refractivity contribution in [3.05, 3.63) is 29.3 Å². The summed E-state index contributed by atoms with van der Waals surface area (Å²) < 4.78 is 5.41. The van der Waals surface area contributed by atoms with Crippen LogP contribution in [0.3, 0.4) is 0 Å². The fourth-order valence-corrected chi connectivity index (χ4v) is 2.40. The fraction of sp³-hybridized carbons (Fsp3) is 0.538. The first kappa shape index (κ1) is 10.5. The standard InChI is InChI=1S/C13H19NO/c1-3-5-12-10-6-4-7-13(15-2)11(10)8-9-14-12/h4,6-7,12,14H,3,5,8-9H2,1-2H3. The first-order valence-electron chi connectivity index (χ1n) is 5.76. The molecule has 1 N–H and O–H groups in total. The van der Waals surface area contributed by atoms with E-state index in [9.17, 15) is 0 Å². The van der Waals surface area contributed by atoms with Crippen molar-refractivity contribution in [2.24, 2.45) is 0 Å². The van der Waals surface area contributed by atoms with Gasteiger partial charge in [-0.2, -0.15) is 0 Å². The summed E-state index contributed by atoms with van der Waals surface area (Å²) in [6.07, 6.45) is 3.51. The number of fused-ring (bicyclic) bond motifs is 1. The summed E-state index contributed by atoms with van der Waals surface area (Å²) in [6, 6.07) is 6.90. The summed E-state index contributed by atoms with van der Waals surface area (Å²) in [5.74, 6) is 1.05. The third kappa shape index (κ3) is 2.00. The predicted octanol–water partition coefficient (Wildman–Crippen LogP) is 2.68. The van der Waals surface area contributed by atoms with Crippen molar-refractivity contribution < 1.29 is 4.74 Å². The maximum atomic E-state index is 5.41. The highest BCUT2D eigenvalue weighted by molar-refractivity contribution is 5.43. The maximum absolute atomic E-state index is 5.41. The molecule has 0 aromatic heterocycles. The van der Waals surface area contributed by atoms with Crippen LogP contribution in [0, 0.1) is 0 Å². The molecule has 2 heteroatoms. The Kier molecular flexibility index (Phi) is 3.27. The van der Waals surface area contributed by atoms with E-state index in [1.54, 1.807) is 7.11 Å². The highest BCUT2D eigenvalue weighted by Crippen LogP contribution is 2.32. The Labute approximate surface area is 91.6 Å². The van der Waals surface area contributed by atoms with Gasteiger partial charge in [0.1, 0.15) is 5.75 Å². The van der Waals surface area contributed by atoms with Crippen molar-refractivity contribution in [2.45, 2.75) is 32.2 Å². The molecule has 0 bridgehead atoms. The van der Waals surface area contributed by atoms with Crippen LogP contribution < -0.4 is 10.1 Å². The maximum Gasteiger partial charge on any atom is 0.122 e. The first-order chi connectivity index (χ1) is 7.36. The van der Waals surface area contributed by atoms with E-state index in [2.05, 4.69) is 30.4 Å². The molecule has 1 aromatic carbocycles. The van der Waals surface area contributed by atoms with Gasteiger partial charge in [0, 0.05) is 11.6 Å². The third-order valence-electron chi connectivity index (χ3n) is 3.11. The molecule has 0 saturated carbocycles. The average molecular weight is 205 g/mol. The lowest BCUT2D eigenvalue weighted by atomic mass is 9.91. The van der Waals surface area contributed by atoms with Gasteiger partial charge in [-0.15, -0.1) is 0 Å². The van der Waals surface area contributed by atoms with Crippen molar-refractivity contribution in [3.63, 3.8) is 0 Å². The molecule has 2 nitrogen and oxygen atoms in total. The summed E-state index contributed by atoms with van der Waals surface area (Å²) in [5.41, 5.74) is 2.83. The zero-order chi connectivity index (χ0) is 10.7. The van der Waals surface area contributed by atoms with Crippen LogP contribution in [0.5, 0.6) is 5.75 Å². The van der Waals surface area contributed by atoms with Gasteiger partial charge in [-0.05, 0) is 31.0 Å². The second kappa shape index (κ2) is 4.67. The summed E-state index contributed by atoms with van der Waals surface area (Å²) in [6.45, 7) is 3.30. The zero-order valence-electron chi connectivity index (χ0n) is 9.55. The number of rotatable bonds is 3. The Hall–Kier alpha value is -1.02. The molecule has 0 saturated heterocycles. The SMILES string of the molecule is CCCC1NCCc2c(OC)cccc21. The van der Waals surface area contributed by atoms with Crippen molar-refractivity contribution in [1.29, 1.82) is 0 Å². The highest BCUT2D eigenvalue weighted by atomic mass is 16.5. The smallest absolute Gasteiger partial charge is 0.122 e. The van der Waals surface area contributed by atoms with Gasteiger partial charge in [-0.3, -0.25) is 0 Å². The van der Waals surface area contributed by atoms with E-state index in [0.717, 1.165) is 18.7 Å². The highest BCUT2D eigenvalue weighted by Gasteiger charge is 2.20. The minimum Gasteiger partial charge on any atom is -0.496 e. The minimum absolute atomic E-state index is 0.522. The molecule has 0 radical (unpaired) electrons. The van der Waals surface area contributed by atoms with Crippen molar-refractivity contribution in [2.75, 3.05) is 13.7 Å². The molecule has 0 spiro atoms. The van der Waals surface area contributed by atoms with Crippen LogP contribution in [0.25, 0.3) is 0 Å². The van der Waals surface area contributed by atoms with Crippen molar-refractivity contribution in [3.8, 4) is 5.75 Å². The Morgan fingerprint density at radius 2 is 2.33 bits per heavy atom. The molecule has 1 aliphatic heterocycles. The van der Waals surface area contributed by atoms with Crippen LogP contribution >= 0.6 is 0 Å². The summed E-state index contributed by atoms with van der Waals surface area (Å²) in [5, 5.41) is 3.57. The molecule has 0 amide bonds. The van der Waals surface area contributed by atoms with Crippen LogP contribution in [-0.4, -0.2) is 13.7 Å². The van der Waals surface area contributed by atoms with E-state index in [0.29, 0.717) is 6.04 Å². The van der Waals surface area contributed by atoms with Crippen LogP contribution in [0.1, 0.15) is 36.9 Å². The third-order valence-corrected chi connectivity index (χ3v) is 3.11. The summed E-state index contributed by atoms with van der Waals surface area (Å²) in [7, 11) is 1.76. The second-order valence-corrected chi connectivity index (χ2v) is 4.07. The Balaban J connectivity index is 2.35. The van der Waals surface area contributed by atoms with Gasteiger partial charge in [-0.25, -0.2) is 0 Å². The number of ether oxygens (including phenoxy) is 1. The van der Waals surface area contributed by atoms with Crippen molar-refractivity contribution >= 4 is 0 Å². The number of nitrogens with one attached hydrogen (secondary N) is 1. The molecular weight excluding hydrogens is 186 g/mol. The number of hydrogen-bond donors (Lipinski definition) is 1. The van der Waals surface area contributed by atoms with Gasteiger partial charge in [0.05, 0.1) is 7.11 Å². The molecule has 0 aliphatic carbocycles. The van der Waals surface area contributed by atoms with Crippen LogP contribution in [-0.2, 0) is 6.42 Å². The number of hydrogen-bond acceptors (Lipinski definition) is 2. The molecule has 1 aromatic rings. The predicted molar refractivity (Wildman–Crippen MR) is 62.3 cm³/mol. The lowest BCUT2D eigenvalue weighted by Crippen LogP contribution is -2.29. The molecule has 82 valence electrons. The van der Waals surface area contributed by atoms with E-state index in [4.69, 9.17) is 4.74 Å². The Morgan fingerprint density at radius 1 is 1.47 bits per heavy atom. The summed E-state index contributed by atoms with van der Waals surface area (Å²) >= 11 is 0. The van der Waals surface area contributed by atoms with Gasteiger partial charge in [-0.1, -0.05) is 25.5 Å².